The van der Waals surface area contributed by atoms with Crippen LogP contribution in [0.5, 0.6) is 0 Å². The summed E-state index contributed by atoms with van der Waals surface area (Å²) in [6, 6.07) is 3.99. The van der Waals surface area contributed by atoms with Crippen LogP contribution in [0.2, 0.25) is 0 Å². The molecule has 0 radical (unpaired) electrons. The molecule has 0 bridgehead atoms. The van der Waals surface area contributed by atoms with Crippen molar-refractivity contribution < 1.29 is 9.53 Å². The molecular formula is C24H35N7O2. The molecule has 1 amide bonds. The predicted octanol–water partition coefficient (Wildman–Crippen LogP) is 4.44. The second-order valence-electron chi connectivity index (χ2n) is 10.9. The van der Waals surface area contributed by atoms with E-state index in [9.17, 15) is 4.79 Å². The minimum atomic E-state index is -0.451. The molecule has 0 atom stereocenters. The quantitative estimate of drug-likeness (QED) is 0.706. The van der Waals surface area contributed by atoms with Gasteiger partial charge in [-0.05, 0) is 52.5 Å². The first-order chi connectivity index (χ1) is 15.8. The second kappa shape index (κ2) is 8.50. The van der Waals surface area contributed by atoms with Gasteiger partial charge in [-0.1, -0.05) is 12.8 Å². The Morgan fingerprint density at radius 1 is 1.18 bits per heavy atom. The Kier molecular flexibility index (Phi) is 5.66. The molecule has 2 aromatic heterocycles. The molecule has 2 N–H and O–H groups in total. The van der Waals surface area contributed by atoms with Crippen molar-refractivity contribution in [3.8, 4) is 0 Å². The van der Waals surface area contributed by atoms with Crippen molar-refractivity contribution in [1.82, 2.24) is 25.1 Å². The molecule has 1 saturated carbocycles. The van der Waals surface area contributed by atoms with Crippen molar-refractivity contribution in [3.05, 3.63) is 24.0 Å². The lowest BCUT2D eigenvalue weighted by atomic mass is 9.72. The molecule has 2 saturated heterocycles. The van der Waals surface area contributed by atoms with E-state index < -0.39 is 5.60 Å². The maximum atomic E-state index is 12.3. The van der Waals surface area contributed by atoms with Gasteiger partial charge in [-0.15, -0.1) is 0 Å². The number of hydrogen-bond acceptors (Lipinski definition) is 7. The van der Waals surface area contributed by atoms with Gasteiger partial charge in [0.1, 0.15) is 11.4 Å². The zero-order chi connectivity index (χ0) is 23.1. The number of amides is 1. The molecule has 1 aliphatic carbocycles. The summed E-state index contributed by atoms with van der Waals surface area (Å²) in [6.07, 6.45) is 8.74. The number of nitrogens with zero attached hydrogens (tertiary/aromatic N) is 5. The highest BCUT2D eigenvalue weighted by atomic mass is 16.6. The number of anilines is 3. The van der Waals surface area contributed by atoms with Gasteiger partial charge >= 0.3 is 6.09 Å². The summed E-state index contributed by atoms with van der Waals surface area (Å²) < 4.78 is 5.50. The second-order valence-corrected chi connectivity index (χ2v) is 10.9. The Labute approximate surface area is 195 Å². The number of ether oxygens (including phenoxy) is 1. The molecule has 3 aliphatic rings. The number of aromatic amines is 1. The van der Waals surface area contributed by atoms with Gasteiger partial charge in [-0.2, -0.15) is 10.1 Å². The van der Waals surface area contributed by atoms with Crippen LogP contribution >= 0.6 is 0 Å². The van der Waals surface area contributed by atoms with Crippen LogP contribution < -0.4 is 10.2 Å². The number of hydrogen-bond donors (Lipinski definition) is 2. The normalized spacial score (nSPS) is 20.7. The summed E-state index contributed by atoms with van der Waals surface area (Å²) in [6.45, 7) is 9.05. The largest absolute Gasteiger partial charge is 0.444 e. The van der Waals surface area contributed by atoms with Crippen molar-refractivity contribution >= 4 is 23.7 Å². The first-order valence-corrected chi connectivity index (χ1v) is 12.2. The highest BCUT2D eigenvalue weighted by molar-refractivity contribution is 5.69. The van der Waals surface area contributed by atoms with Gasteiger partial charge in [0.15, 0.2) is 5.82 Å². The van der Waals surface area contributed by atoms with E-state index in [1.807, 2.05) is 31.7 Å². The number of H-pyrrole nitrogens is 1. The van der Waals surface area contributed by atoms with Gasteiger partial charge < -0.3 is 19.9 Å². The molecule has 2 aliphatic heterocycles. The number of piperidine rings is 1. The number of aromatic nitrogens is 4. The molecule has 9 nitrogen and oxygen atoms in total. The summed E-state index contributed by atoms with van der Waals surface area (Å²) >= 11 is 0. The smallest absolute Gasteiger partial charge is 0.410 e. The van der Waals surface area contributed by atoms with Gasteiger partial charge in [-0.25, -0.2) is 9.78 Å². The van der Waals surface area contributed by atoms with E-state index in [0.717, 1.165) is 56.6 Å². The van der Waals surface area contributed by atoms with E-state index in [-0.39, 0.29) is 11.5 Å². The number of carbonyl (C=O) groups is 1. The van der Waals surface area contributed by atoms with E-state index in [0.29, 0.717) is 5.92 Å². The Morgan fingerprint density at radius 2 is 1.91 bits per heavy atom. The molecule has 0 aromatic carbocycles. The Hall–Kier alpha value is -2.84. The SMILES string of the molecule is CC(C)(C)OC(=O)N1CC2(CCN(c3nccc(Nc4cc(C5CCCC5)[nH]n4)n3)CC2)C1. The van der Waals surface area contributed by atoms with Gasteiger partial charge in [0, 0.05) is 55.5 Å². The standard InChI is InChI=1S/C24H35N7O2/c1-23(2,3)33-22(32)31-15-24(16-31)9-12-30(13-10-24)21-25-11-8-19(27-21)26-20-14-18(28-29-20)17-6-4-5-7-17/h8,11,14,17H,4-7,9-10,12-13,15-16H2,1-3H3,(H2,25,26,27,28,29). The van der Waals surface area contributed by atoms with Crippen molar-refractivity contribution in [2.45, 2.75) is 70.8 Å². The minimum absolute atomic E-state index is 0.202. The van der Waals surface area contributed by atoms with Crippen LogP contribution in [0.4, 0.5) is 22.4 Å². The van der Waals surface area contributed by atoms with Crippen LogP contribution in [0.3, 0.4) is 0 Å². The topological polar surface area (TPSA) is 99.3 Å². The van der Waals surface area contributed by atoms with Crippen LogP contribution in [0.1, 0.15) is 70.9 Å². The average molecular weight is 454 g/mol. The minimum Gasteiger partial charge on any atom is -0.444 e. The fourth-order valence-electron chi connectivity index (χ4n) is 5.26. The van der Waals surface area contributed by atoms with Crippen LogP contribution in [0, 0.1) is 5.41 Å². The van der Waals surface area contributed by atoms with E-state index in [1.165, 1.54) is 31.4 Å². The summed E-state index contributed by atoms with van der Waals surface area (Å²) in [5.41, 5.74) is 0.967. The molecule has 3 fully saturated rings. The van der Waals surface area contributed by atoms with Crippen LogP contribution in [-0.2, 0) is 4.74 Å². The summed E-state index contributed by atoms with van der Waals surface area (Å²) in [7, 11) is 0. The van der Waals surface area contributed by atoms with E-state index in [2.05, 4.69) is 31.5 Å². The van der Waals surface area contributed by atoms with Crippen LogP contribution in [0.25, 0.3) is 0 Å². The monoisotopic (exact) mass is 453 g/mol. The number of carbonyl (C=O) groups excluding carboxylic acids is 1. The number of likely N-dealkylation sites (tertiary alicyclic amines) is 1. The summed E-state index contributed by atoms with van der Waals surface area (Å²) in [4.78, 5) is 25.6. The summed E-state index contributed by atoms with van der Waals surface area (Å²) in [5, 5.41) is 10.9. The number of nitrogens with one attached hydrogen (secondary N) is 2. The highest BCUT2D eigenvalue weighted by Crippen LogP contribution is 2.41. The lowest BCUT2D eigenvalue weighted by Gasteiger charge is -2.53. The lowest BCUT2D eigenvalue weighted by molar-refractivity contribution is -0.0435. The van der Waals surface area contributed by atoms with Crippen molar-refractivity contribution in [1.29, 1.82) is 0 Å². The van der Waals surface area contributed by atoms with E-state index in [4.69, 9.17) is 9.72 Å². The maximum absolute atomic E-state index is 12.3. The van der Waals surface area contributed by atoms with Crippen LogP contribution in [0.15, 0.2) is 18.3 Å². The third-order valence-electron chi connectivity index (χ3n) is 7.10. The molecule has 33 heavy (non-hydrogen) atoms. The molecule has 5 rings (SSSR count). The van der Waals surface area contributed by atoms with Crippen molar-refractivity contribution in [2.24, 2.45) is 5.41 Å². The average Bonchev–Trinajstić information content (AvgIpc) is 3.43. The Bertz CT molecular complexity index is 977. The molecule has 9 heteroatoms. The first-order valence-electron chi connectivity index (χ1n) is 12.2. The molecule has 2 aromatic rings. The van der Waals surface area contributed by atoms with Gasteiger partial charge in [0.25, 0.3) is 0 Å². The molecule has 1 spiro atoms. The van der Waals surface area contributed by atoms with Gasteiger partial charge in [-0.3, -0.25) is 5.10 Å². The maximum Gasteiger partial charge on any atom is 0.410 e. The Balaban J connectivity index is 1.15. The van der Waals surface area contributed by atoms with Crippen LogP contribution in [-0.4, -0.2) is 62.9 Å². The summed E-state index contributed by atoms with van der Waals surface area (Å²) in [5.74, 6) is 2.90. The predicted molar refractivity (Wildman–Crippen MR) is 127 cm³/mol. The third kappa shape index (κ3) is 4.91. The van der Waals surface area contributed by atoms with Gasteiger partial charge in [0.05, 0.1) is 0 Å². The molecule has 4 heterocycles. The van der Waals surface area contributed by atoms with Crippen molar-refractivity contribution in [2.75, 3.05) is 36.4 Å². The zero-order valence-electron chi connectivity index (χ0n) is 19.9. The molecule has 178 valence electrons. The fourth-order valence-corrected chi connectivity index (χ4v) is 5.26. The lowest BCUT2D eigenvalue weighted by Crippen LogP contribution is -2.62. The Morgan fingerprint density at radius 3 is 2.61 bits per heavy atom. The first kappa shape index (κ1) is 22.0. The van der Waals surface area contributed by atoms with Gasteiger partial charge in [0.2, 0.25) is 5.95 Å². The molecule has 0 unspecified atom stereocenters. The zero-order valence-corrected chi connectivity index (χ0v) is 19.9. The molecular weight excluding hydrogens is 418 g/mol. The fraction of sp³-hybridized carbons (Fsp3) is 0.667. The highest BCUT2D eigenvalue weighted by Gasteiger charge is 2.48. The number of rotatable bonds is 4. The third-order valence-corrected chi connectivity index (χ3v) is 7.10. The van der Waals surface area contributed by atoms with E-state index in [1.54, 1.807) is 6.20 Å². The van der Waals surface area contributed by atoms with E-state index >= 15 is 0 Å². The van der Waals surface area contributed by atoms with Crippen molar-refractivity contribution in [3.63, 3.8) is 0 Å².